The molecule has 1 aliphatic heterocycles. The molecule has 0 amide bonds. The molecule has 3 aromatic carbocycles. The van der Waals surface area contributed by atoms with E-state index in [4.69, 9.17) is 0 Å². The first-order valence-corrected chi connectivity index (χ1v) is 9.65. The standard InChI is InChI=1S/C24H23F2NO/c1-2-23(28)19-7-12-22-18(15-19)13-14-27(22)24(16-3-8-20(25)9-4-16)17-5-10-21(26)11-6-17/h3-12,15,23-24,28H,2,13-14H2,1H3. The Kier molecular flexibility index (Phi) is 5.14. The van der Waals surface area contributed by atoms with Gasteiger partial charge in [-0.15, -0.1) is 0 Å². The van der Waals surface area contributed by atoms with Crippen LogP contribution in [-0.4, -0.2) is 11.7 Å². The van der Waals surface area contributed by atoms with Gasteiger partial charge >= 0.3 is 0 Å². The molecule has 1 heterocycles. The normalized spacial score (nSPS) is 14.4. The van der Waals surface area contributed by atoms with E-state index in [0.717, 1.165) is 35.3 Å². The number of aliphatic hydroxyl groups is 1. The molecule has 1 aliphatic rings. The number of hydrogen-bond acceptors (Lipinski definition) is 2. The van der Waals surface area contributed by atoms with Crippen molar-refractivity contribution in [2.75, 3.05) is 11.4 Å². The summed E-state index contributed by atoms with van der Waals surface area (Å²) in [6.07, 6.45) is 1.10. The van der Waals surface area contributed by atoms with Crippen molar-refractivity contribution < 1.29 is 13.9 Å². The molecule has 0 aromatic heterocycles. The van der Waals surface area contributed by atoms with E-state index in [1.165, 1.54) is 29.8 Å². The Morgan fingerprint density at radius 2 is 1.39 bits per heavy atom. The van der Waals surface area contributed by atoms with Crippen molar-refractivity contribution in [2.24, 2.45) is 0 Å². The number of fused-ring (bicyclic) bond motifs is 1. The van der Waals surface area contributed by atoms with Crippen molar-refractivity contribution in [2.45, 2.75) is 31.9 Å². The maximum atomic E-state index is 13.5. The Hall–Kier alpha value is -2.72. The van der Waals surface area contributed by atoms with Crippen molar-refractivity contribution >= 4 is 5.69 Å². The lowest BCUT2D eigenvalue weighted by Crippen LogP contribution is -2.27. The third kappa shape index (κ3) is 3.52. The predicted octanol–water partition coefficient (Wildman–Crippen LogP) is 5.56. The first-order valence-electron chi connectivity index (χ1n) is 9.65. The summed E-state index contributed by atoms with van der Waals surface area (Å²) in [5, 5.41) is 10.2. The first-order chi connectivity index (χ1) is 13.6. The molecule has 1 unspecified atom stereocenters. The van der Waals surface area contributed by atoms with Gasteiger partial charge in [-0.1, -0.05) is 43.3 Å². The lowest BCUT2D eigenvalue weighted by molar-refractivity contribution is 0.173. The molecule has 3 aromatic rings. The summed E-state index contributed by atoms with van der Waals surface area (Å²) in [5.74, 6) is -0.553. The van der Waals surface area contributed by atoms with Crippen LogP contribution in [-0.2, 0) is 6.42 Å². The van der Waals surface area contributed by atoms with Gasteiger partial charge < -0.3 is 10.0 Å². The van der Waals surface area contributed by atoms with Crippen molar-refractivity contribution in [1.29, 1.82) is 0 Å². The van der Waals surface area contributed by atoms with Gasteiger partial charge in [0.25, 0.3) is 0 Å². The summed E-state index contributed by atoms with van der Waals surface area (Å²) in [5.41, 5.74) is 5.14. The number of halogens is 2. The highest BCUT2D eigenvalue weighted by Crippen LogP contribution is 2.40. The van der Waals surface area contributed by atoms with Gasteiger partial charge in [0.1, 0.15) is 11.6 Å². The molecule has 4 rings (SSSR count). The van der Waals surface area contributed by atoms with Gasteiger partial charge in [0.15, 0.2) is 0 Å². The molecule has 0 saturated carbocycles. The van der Waals surface area contributed by atoms with E-state index in [2.05, 4.69) is 17.0 Å². The second kappa shape index (κ2) is 7.72. The zero-order valence-electron chi connectivity index (χ0n) is 15.8. The van der Waals surface area contributed by atoms with Crippen LogP contribution in [0.4, 0.5) is 14.5 Å². The zero-order chi connectivity index (χ0) is 19.7. The van der Waals surface area contributed by atoms with Crippen LogP contribution in [0.1, 0.15) is 47.7 Å². The highest BCUT2D eigenvalue weighted by atomic mass is 19.1. The fraction of sp³-hybridized carbons (Fsp3) is 0.250. The molecule has 28 heavy (non-hydrogen) atoms. The molecule has 4 heteroatoms. The number of rotatable bonds is 5. The average molecular weight is 379 g/mol. The smallest absolute Gasteiger partial charge is 0.123 e. The Morgan fingerprint density at radius 3 is 1.93 bits per heavy atom. The minimum atomic E-state index is -0.454. The number of anilines is 1. The second-order valence-corrected chi connectivity index (χ2v) is 7.26. The van der Waals surface area contributed by atoms with E-state index in [-0.39, 0.29) is 17.7 Å². The predicted molar refractivity (Wildman–Crippen MR) is 107 cm³/mol. The molecule has 0 fully saturated rings. The maximum Gasteiger partial charge on any atom is 0.123 e. The van der Waals surface area contributed by atoms with Gasteiger partial charge in [0.05, 0.1) is 12.1 Å². The molecular weight excluding hydrogens is 356 g/mol. The van der Waals surface area contributed by atoms with Crippen molar-refractivity contribution in [3.05, 3.63) is 101 Å². The van der Waals surface area contributed by atoms with Gasteiger partial charge in [0, 0.05) is 12.2 Å². The van der Waals surface area contributed by atoms with E-state index in [1.807, 2.05) is 13.0 Å². The molecule has 0 saturated heterocycles. The van der Waals surface area contributed by atoms with Crippen LogP contribution in [0.5, 0.6) is 0 Å². The summed E-state index contributed by atoms with van der Waals surface area (Å²) in [4.78, 5) is 2.28. The number of aliphatic hydroxyl groups excluding tert-OH is 1. The third-order valence-corrected chi connectivity index (χ3v) is 5.49. The Balaban J connectivity index is 1.76. The Bertz CT molecular complexity index is 908. The maximum absolute atomic E-state index is 13.5. The Morgan fingerprint density at radius 1 is 0.857 bits per heavy atom. The highest BCUT2D eigenvalue weighted by Gasteiger charge is 2.29. The van der Waals surface area contributed by atoms with Crippen LogP contribution >= 0.6 is 0 Å². The summed E-state index contributed by atoms with van der Waals surface area (Å²) in [7, 11) is 0. The van der Waals surface area contributed by atoms with Crippen LogP contribution in [0.15, 0.2) is 66.7 Å². The number of nitrogens with zero attached hydrogens (tertiary/aromatic N) is 1. The van der Waals surface area contributed by atoms with Gasteiger partial charge in [0.2, 0.25) is 0 Å². The zero-order valence-corrected chi connectivity index (χ0v) is 15.8. The van der Waals surface area contributed by atoms with Crippen molar-refractivity contribution in [3.8, 4) is 0 Å². The van der Waals surface area contributed by atoms with Crippen LogP contribution in [0, 0.1) is 11.6 Å². The fourth-order valence-corrected chi connectivity index (χ4v) is 4.00. The van der Waals surface area contributed by atoms with Crippen LogP contribution < -0.4 is 4.90 Å². The Labute approximate surface area is 164 Å². The molecular formula is C24H23F2NO. The van der Waals surface area contributed by atoms with E-state index >= 15 is 0 Å². The molecule has 0 bridgehead atoms. The monoisotopic (exact) mass is 379 g/mol. The summed E-state index contributed by atoms with van der Waals surface area (Å²) >= 11 is 0. The lowest BCUT2D eigenvalue weighted by Gasteiger charge is -2.31. The van der Waals surface area contributed by atoms with Crippen LogP contribution in [0.2, 0.25) is 0 Å². The first kappa shape index (κ1) is 18.6. The summed E-state index contributed by atoms with van der Waals surface area (Å²) < 4.78 is 27.0. The van der Waals surface area contributed by atoms with Crippen LogP contribution in [0.25, 0.3) is 0 Å². The largest absolute Gasteiger partial charge is 0.388 e. The van der Waals surface area contributed by atoms with Crippen LogP contribution in [0.3, 0.4) is 0 Å². The quantitative estimate of drug-likeness (QED) is 0.627. The minimum Gasteiger partial charge on any atom is -0.388 e. The fourth-order valence-electron chi connectivity index (χ4n) is 4.00. The van der Waals surface area contributed by atoms with Gasteiger partial charge in [-0.25, -0.2) is 8.78 Å². The SMILES string of the molecule is CCC(O)c1ccc2c(c1)CCN2C(c1ccc(F)cc1)c1ccc(F)cc1. The molecule has 0 spiro atoms. The van der Waals surface area contributed by atoms with Gasteiger partial charge in [-0.2, -0.15) is 0 Å². The number of hydrogen-bond donors (Lipinski definition) is 1. The van der Waals surface area contributed by atoms with E-state index < -0.39 is 6.10 Å². The van der Waals surface area contributed by atoms with E-state index in [1.54, 1.807) is 24.3 Å². The molecule has 144 valence electrons. The molecule has 0 aliphatic carbocycles. The van der Waals surface area contributed by atoms with E-state index in [0.29, 0.717) is 6.42 Å². The molecule has 1 atom stereocenters. The molecule has 1 N–H and O–H groups in total. The summed E-state index contributed by atoms with van der Waals surface area (Å²) in [6.45, 7) is 2.77. The minimum absolute atomic E-state index is 0.135. The molecule has 0 radical (unpaired) electrons. The highest BCUT2D eigenvalue weighted by molar-refractivity contribution is 5.62. The van der Waals surface area contributed by atoms with Gasteiger partial charge in [-0.05, 0) is 65.4 Å². The average Bonchev–Trinajstić information content (AvgIpc) is 3.13. The van der Waals surface area contributed by atoms with Crippen molar-refractivity contribution in [3.63, 3.8) is 0 Å². The van der Waals surface area contributed by atoms with Crippen molar-refractivity contribution in [1.82, 2.24) is 0 Å². The van der Waals surface area contributed by atoms with E-state index in [9.17, 15) is 13.9 Å². The summed E-state index contributed by atoms with van der Waals surface area (Å²) in [6, 6.07) is 19.0. The van der Waals surface area contributed by atoms with Gasteiger partial charge in [-0.3, -0.25) is 0 Å². The lowest BCUT2D eigenvalue weighted by atomic mass is 9.96. The topological polar surface area (TPSA) is 23.5 Å². The second-order valence-electron chi connectivity index (χ2n) is 7.26. The third-order valence-electron chi connectivity index (χ3n) is 5.49. The molecule has 2 nitrogen and oxygen atoms in total. The number of benzene rings is 3.